The largest absolute Gasteiger partial charge is 0.491 e. The molecule has 0 bridgehead atoms. The SMILES string of the molecule is Cc1ccc2c(c1)OCC(CC(=O)O)C(=O)N2. The zero-order valence-corrected chi connectivity index (χ0v) is 9.40. The van der Waals surface area contributed by atoms with Gasteiger partial charge in [-0.15, -0.1) is 0 Å². The molecule has 90 valence electrons. The zero-order chi connectivity index (χ0) is 12.4. The van der Waals surface area contributed by atoms with E-state index in [1.165, 1.54) is 0 Å². The molecule has 5 heteroatoms. The number of benzene rings is 1. The molecule has 2 rings (SSSR count). The van der Waals surface area contributed by atoms with Crippen molar-refractivity contribution in [2.24, 2.45) is 5.92 Å². The van der Waals surface area contributed by atoms with E-state index in [1.54, 1.807) is 6.07 Å². The average Bonchev–Trinajstić information content (AvgIpc) is 2.39. The van der Waals surface area contributed by atoms with E-state index in [-0.39, 0.29) is 18.9 Å². The molecule has 0 radical (unpaired) electrons. The van der Waals surface area contributed by atoms with Crippen LogP contribution in [0, 0.1) is 12.8 Å². The van der Waals surface area contributed by atoms with Gasteiger partial charge in [0.25, 0.3) is 0 Å². The van der Waals surface area contributed by atoms with E-state index in [4.69, 9.17) is 9.84 Å². The summed E-state index contributed by atoms with van der Waals surface area (Å²) < 4.78 is 5.47. The van der Waals surface area contributed by atoms with Crippen molar-refractivity contribution in [2.75, 3.05) is 11.9 Å². The van der Waals surface area contributed by atoms with Crippen LogP contribution in [0.1, 0.15) is 12.0 Å². The molecule has 0 spiro atoms. The third-order valence-electron chi connectivity index (χ3n) is 2.63. The van der Waals surface area contributed by atoms with Crippen LogP contribution in [-0.4, -0.2) is 23.6 Å². The summed E-state index contributed by atoms with van der Waals surface area (Å²) in [5.41, 5.74) is 1.61. The van der Waals surface area contributed by atoms with Crippen molar-refractivity contribution in [2.45, 2.75) is 13.3 Å². The Hall–Kier alpha value is -2.04. The maximum absolute atomic E-state index is 11.7. The molecular formula is C12H13NO4. The molecule has 0 aromatic heterocycles. The van der Waals surface area contributed by atoms with E-state index in [9.17, 15) is 9.59 Å². The lowest BCUT2D eigenvalue weighted by Crippen LogP contribution is -2.27. The van der Waals surface area contributed by atoms with Gasteiger partial charge in [0.2, 0.25) is 5.91 Å². The Morgan fingerprint density at radius 2 is 2.35 bits per heavy atom. The van der Waals surface area contributed by atoms with Crippen LogP contribution in [0.3, 0.4) is 0 Å². The summed E-state index contributed by atoms with van der Waals surface area (Å²) in [6.45, 7) is 2.01. The van der Waals surface area contributed by atoms with Gasteiger partial charge in [0.05, 0.1) is 18.0 Å². The summed E-state index contributed by atoms with van der Waals surface area (Å²) in [6.07, 6.45) is -0.223. The van der Waals surface area contributed by atoms with Crippen LogP contribution in [0.25, 0.3) is 0 Å². The number of fused-ring (bicyclic) bond motifs is 1. The van der Waals surface area contributed by atoms with Gasteiger partial charge in [-0.05, 0) is 24.6 Å². The van der Waals surface area contributed by atoms with Gasteiger partial charge in [0.1, 0.15) is 12.4 Å². The quantitative estimate of drug-likeness (QED) is 0.812. The summed E-state index contributed by atoms with van der Waals surface area (Å²) in [5, 5.41) is 11.4. The van der Waals surface area contributed by atoms with E-state index < -0.39 is 11.9 Å². The lowest BCUT2D eigenvalue weighted by Gasteiger charge is -2.09. The Labute approximate surface area is 98.4 Å². The van der Waals surface area contributed by atoms with Crippen LogP contribution in [0.5, 0.6) is 5.75 Å². The number of amides is 1. The van der Waals surface area contributed by atoms with E-state index in [2.05, 4.69) is 5.32 Å². The van der Waals surface area contributed by atoms with Gasteiger partial charge < -0.3 is 15.2 Å². The molecule has 0 saturated carbocycles. The predicted molar refractivity (Wildman–Crippen MR) is 61.0 cm³/mol. The van der Waals surface area contributed by atoms with Crippen LogP contribution >= 0.6 is 0 Å². The molecule has 17 heavy (non-hydrogen) atoms. The number of hydrogen-bond acceptors (Lipinski definition) is 3. The van der Waals surface area contributed by atoms with Gasteiger partial charge in [-0.25, -0.2) is 0 Å². The van der Waals surface area contributed by atoms with Crippen molar-refractivity contribution in [1.29, 1.82) is 0 Å². The number of carboxylic acids is 1. The Bertz CT molecular complexity index is 470. The monoisotopic (exact) mass is 235 g/mol. The second-order valence-corrected chi connectivity index (χ2v) is 4.09. The lowest BCUT2D eigenvalue weighted by atomic mass is 10.1. The molecule has 0 saturated heterocycles. The fourth-order valence-corrected chi connectivity index (χ4v) is 1.72. The van der Waals surface area contributed by atoms with Gasteiger partial charge in [0, 0.05) is 0 Å². The smallest absolute Gasteiger partial charge is 0.304 e. The molecule has 5 nitrogen and oxygen atoms in total. The first-order valence-electron chi connectivity index (χ1n) is 5.32. The number of rotatable bonds is 2. The molecule has 1 aliphatic heterocycles. The fourth-order valence-electron chi connectivity index (χ4n) is 1.72. The topological polar surface area (TPSA) is 75.6 Å². The van der Waals surface area contributed by atoms with Crippen molar-refractivity contribution < 1.29 is 19.4 Å². The Morgan fingerprint density at radius 3 is 3.06 bits per heavy atom. The van der Waals surface area contributed by atoms with Crippen molar-refractivity contribution >= 4 is 17.6 Å². The molecule has 1 amide bonds. The standard InChI is InChI=1S/C12H13NO4/c1-7-2-3-9-10(4-7)17-6-8(5-11(14)15)12(16)13-9/h2-4,8H,5-6H2,1H3,(H,13,16)(H,14,15). The number of carboxylic acid groups (broad SMARTS) is 1. The van der Waals surface area contributed by atoms with Crippen molar-refractivity contribution in [3.05, 3.63) is 23.8 Å². The first-order chi connectivity index (χ1) is 8.06. The van der Waals surface area contributed by atoms with E-state index >= 15 is 0 Å². The van der Waals surface area contributed by atoms with Gasteiger partial charge in [-0.2, -0.15) is 0 Å². The first-order valence-corrected chi connectivity index (χ1v) is 5.32. The summed E-state index contributed by atoms with van der Waals surface area (Å²) in [5.74, 6) is -1.38. The average molecular weight is 235 g/mol. The Kier molecular flexibility index (Phi) is 2.99. The number of carbonyl (C=O) groups is 2. The van der Waals surface area contributed by atoms with Gasteiger partial charge in [-0.3, -0.25) is 9.59 Å². The van der Waals surface area contributed by atoms with Gasteiger partial charge in [0.15, 0.2) is 0 Å². The second-order valence-electron chi connectivity index (χ2n) is 4.09. The lowest BCUT2D eigenvalue weighted by molar-refractivity contribution is -0.140. The maximum atomic E-state index is 11.7. The number of ether oxygens (including phenoxy) is 1. The number of anilines is 1. The van der Waals surface area contributed by atoms with E-state index in [0.717, 1.165) is 5.56 Å². The number of nitrogens with one attached hydrogen (secondary N) is 1. The van der Waals surface area contributed by atoms with Crippen LogP contribution in [0.4, 0.5) is 5.69 Å². The normalized spacial score (nSPS) is 18.6. The number of aliphatic carboxylic acids is 1. The van der Waals surface area contributed by atoms with Crippen molar-refractivity contribution in [1.82, 2.24) is 0 Å². The predicted octanol–water partition coefficient (Wildman–Crippen LogP) is 1.42. The molecule has 1 aromatic rings. The molecule has 2 N–H and O–H groups in total. The van der Waals surface area contributed by atoms with E-state index in [1.807, 2.05) is 19.1 Å². The van der Waals surface area contributed by atoms with E-state index in [0.29, 0.717) is 11.4 Å². The third kappa shape index (κ3) is 2.55. The Balaban J connectivity index is 2.22. The minimum atomic E-state index is -1.00. The third-order valence-corrected chi connectivity index (χ3v) is 2.63. The number of hydrogen-bond donors (Lipinski definition) is 2. The van der Waals surface area contributed by atoms with Crippen molar-refractivity contribution in [3.8, 4) is 5.75 Å². The number of aryl methyl sites for hydroxylation is 1. The molecular weight excluding hydrogens is 222 g/mol. The van der Waals surface area contributed by atoms with Crippen molar-refractivity contribution in [3.63, 3.8) is 0 Å². The molecule has 1 aliphatic rings. The molecule has 1 atom stereocenters. The summed E-state index contributed by atoms with van der Waals surface area (Å²) >= 11 is 0. The zero-order valence-electron chi connectivity index (χ0n) is 9.40. The molecule has 1 heterocycles. The Morgan fingerprint density at radius 1 is 1.59 bits per heavy atom. The van der Waals surface area contributed by atoms with Crippen LogP contribution in [-0.2, 0) is 9.59 Å². The van der Waals surface area contributed by atoms with Crippen LogP contribution < -0.4 is 10.1 Å². The highest BCUT2D eigenvalue weighted by atomic mass is 16.5. The molecule has 0 aliphatic carbocycles. The van der Waals surface area contributed by atoms with Gasteiger partial charge >= 0.3 is 5.97 Å². The highest BCUT2D eigenvalue weighted by Gasteiger charge is 2.26. The molecule has 1 unspecified atom stereocenters. The first kappa shape index (κ1) is 11.4. The fraction of sp³-hybridized carbons (Fsp3) is 0.333. The summed E-state index contributed by atoms with van der Waals surface area (Å²) in [6, 6.07) is 5.43. The van der Waals surface area contributed by atoms with Crippen LogP contribution in [0.15, 0.2) is 18.2 Å². The number of carbonyl (C=O) groups excluding carboxylic acids is 1. The molecule has 0 fully saturated rings. The second kappa shape index (κ2) is 4.45. The van der Waals surface area contributed by atoms with Gasteiger partial charge in [-0.1, -0.05) is 6.07 Å². The highest BCUT2D eigenvalue weighted by Crippen LogP contribution is 2.29. The minimum Gasteiger partial charge on any atom is -0.491 e. The maximum Gasteiger partial charge on any atom is 0.304 e. The highest BCUT2D eigenvalue weighted by molar-refractivity contribution is 5.96. The minimum absolute atomic E-state index is 0.0919. The molecule has 1 aromatic carbocycles. The summed E-state index contributed by atoms with van der Waals surface area (Å²) in [7, 11) is 0. The van der Waals surface area contributed by atoms with Crippen LogP contribution in [0.2, 0.25) is 0 Å². The summed E-state index contributed by atoms with van der Waals surface area (Å²) in [4.78, 5) is 22.4.